The van der Waals surface area contributed by atoms with E-state index in [2.05, 4.69) is 57.7 Å². The molecule has 226 valence electrons. The standard InChI is InChI=1S/C42H24N2O4/c45-41-37-38(40(48-41)26-20-22-36-32(24-26)30-16-8-10-18-34(30)44(36)28-13-5-2-6-14-28)42(46)47-39(37)25-19-21-35-31(23-25)29-15-7-9-17-33(29)43(35)27-11-3-1-4-12-27/h1-24H. The Morgan fingerprint density at radius 3 is 1.19 bits per heavy atom. The van der Waals surface area contributed by atoms with Gasteiger partial charge in [-0.25, -0.2) is 9.59 Å². The first-order valence-electron chi connectivity index (χ1n) is 15.8. The minimum Gasteiger partial charge on any atom is -0.421 e. The van der Waals surface area contributed by atoms with E-state index in [4.69, 9.17) is 9.47 Å². The molecule has 48 heavy (non-hydrogen) atoms. The molecule has 0 unspecified atom stereocenters. The summed E-state index contributed by atoms with van der Waals surface area (Å²) in [6, 6.07) is 48.6. The van der Waals surface area contributed by atoms with Crippen LogP contribution in [0, 0.1) is 0 Å². The van der Waals surface area contributed by atoms with E-state index in [0.717, 1.165) is 55.0 Å². The highest BCUT2D eigenvalue weighted by atomic mass is 16.6. The van der Waals surface area contributed by atoms with E-state index in [9.17, 15) is 9.59 Å². The van der Waals surface area contributed by atoms with Crippen LogP contribution in [0.25, 0.3) is 66.5 Å². The minimum absolute atomic E-state index is 0.160. The second-order valence-electron chi connectivity index (χ2n) is 12.0. The maximum Gasteiger partial charge on any atom is 0.348 e. The molecule has 4 heterocycles. The lowest BCUT2D eigenvalue weighted by Gasteiger charge is -2.09. The molecule has 2 aromatic heterocycles. The van der Waals surface area contributed by atoms with Crippen LogP contribution in [0.5, 0.6) is 0 Å². The van der Waals surface area contributed by atoms with E-state index >= 15 is 0 Å². The Bertz CT molecular complexity index is 2560. The number of ether oxygens (including phenoxy) is 2. The Hall–Kier alpha value is -6.66. The highest BCUT2D eigenvalue weighted by Gasteiger charge is 2.45. The van der Waals surface area contributed by atoms with Gasteiger partial charge in [0.15, 0.2) is 11.5 Å². The van der Waals surface area contributed by atoms with E-state index in [0.29, 0.717) is 11.1 Å². The number of benzene rings is 6. The monoisotopic (exact) mass is 620 g/mol. The van der Waals surface area contributed by atoms with Crippen molar-refractivity contribution < 1.29 is 19.1 Å². The number of hydrogen-bond donors (Lipinski definition) is 0. The van der Waals surface area contributed by atoms with Crippen molar-refractivity contribution in [2.24, 2.45) is 0 Å². The summed E-state index contributed by atoms with van der Waals surface area (Å²) in [6.45, 7) is 0. The van der Waals surface area contributed by atoms with Crippen LogP contribution < -0.4 is 0 Å². The van der Waals surface area contributed by atoms with E-state index in [-0.39, 0.29) is 22.7 Å². The SMILES string of the molecule is O=C1OC(c2ccc3c(c2)c2ccccc2n3-c2ccccc2)=C2C(=O)OC(c3ccc4c(c3)c3ccccc3n4-c3ccccc3)=C12. The number of esters is 2. The zero-order valence-electron chi connectivity index (χ0n) is 25.4. The molecule has 2 aliphatic rings. The molecule has 0 N–H and O–H groups in total. The molecule has 8 aromatic rings. The minimum atomic E-state index is -0.598. The largest absolute Gasteiger partial charge is 0.421 e. The van der Waals surface area contributed by atoms with Crippen molar-refractivity contribution in [3.8, 4) is 11.4 Å². The Balaban J connectivity index is 1.14. The van der Waals surface area contributed by atoms with Gasteiger partial charge in [-0.15, -0.1) is 0 Å². The van der Waals surface area contributed by atoms with Gasteiger partial charge in [-0.1, -0.05) is 72.8 Å². The van der Waals surface area contributed by atoms with Gasteiger partial charge in [0, 0.05) is 44.0 Å². The number of carbonyl (C=O) groups excluding carboxylic acids is 2. The molecule has 0 amide bonds. The van der Waals surface area contributed by atoms with Crippen molar-refractivity contribution in [1.29, 1.82) is 0 Å². The van der Waals surface area contributed by atoms with Gasteiger partial charge in [-0.2, -0.15) is 0 Å². The maximum atomic E-state index is 13.5. The predicted octanol–water partition coefficient (Wildman–Crippen LogP) is 9.12. The molecular formula is C42H24N2O4. The van der Waals surface area contributed by atoms with Crippen LogP contribution in [0.15, 0.2) is 157 Å². The molecule has 0 spiro atoms. The van der Waals surface area contributed by atoms with Crippen LogP contribution in [0.3, 0.4) is 0 Å². The van der Waals surface area contributed by atoms with Gasteiger partial charge in [0.25, 0.3) is 0 Å². The highest BCUT2D eigenvalue weighted by molar-refractivity contribution is 6.25. The third kappa shape index (κ3) is 3.68. The van der Waals surface area contributed by atoms with Gasteiger partial charge in [0.05, 0.1) is 22.1 Å². The lowest BCUT2D eigenvalue weighted by molar-refractivity contribution is -0.131. The smallest absolute Gasteiger partial charge is 0.348 e. The van der Waals surface area contributed by atoms with Crippen molar-refractivity contribution in [1.82, 2.24) is 9.13 Å². The number of carbonyl (C=O) groups is 2. The summed E-state index contributed by atoms with van der Waals surface area (Å²) < 4.78 is 16.2. The zero-order chi connectivity index (χ0) is 31.9. The third-order valence-corrected chi connectivity index (χ3v) is 9.40. The molecule has 6 heteroatoms. The van der Waals surface area contributed by atoms with Gasteiger partial charge < -0.3 is 18.6 Å². The summed E-state index contributed by atoms with van der Waals surface area (Å²) in [5.74, 6) is -0.760. The van der Waals surface area contributed by atoms with Gasteiger partial charge in [0.2, 0.25) is 0 Å². The molecular weight excluding hydrogens is 596 g/mol. The van der Waals surface area contributed by atoms with Gasteiger partial charge in [-0.05, 0) is 72.8 Å². The average molecular weight is 621 g/mol. The van der Waals surface area contributed by atoms with E-state index < -0.39 is 11.9 Å². The number of nitrogens with zero attached hydrogens (tertiary/aromatic N) is 2. The summed E-state index contributed by atoms with van der Waals surface area (Å²) in [4.78, 5) is 27.1. The molecule has 0 atom stereocenters. The maximum absolute atomic E-state index is 13.5. The van der Waals surface area contributed by atoms with Crippen molar-refractivity contribution >= 4 is 67.1 Å². The number of fused-ring (bicyclic) bond motifs is 7. The van der Waals surface area contributed by atoms with Crippen molar-refractivity contribution in [2.75, 3.05) is 0 Å². The first-order valence-corrected chi connectivity index (χ1v) is 15.8. The van der Waals surface area contributed by atoms with Crippen LogP contribution >= 0.6 is 0 Å². The number of rotatable bonds is 4. The lowest BCUT2D eigenvalue weighted by Crippen LogP contribution is -2.01. The Morgan fingerprint density at radius 2 is 0.750 bits per heavy atom. The van der Waals surface area contributed by atoms with E-state index in [1.54, 1.807) is 0 Å². The molecule has 0 bridgehead atoms. The summed E-state index contributed by atoms with van der Waals surface area (Å²) in [5.41, 5.74) is 7.82. The molecule has 0 aliphatic carbocycles. The molecule has 0 radical (unpaired) electrons. The molecule has 10 rings (SSSR count). The fourth-order valence-electron chi connectivity index (χ4n) is 7.35. The summed E-state index contributed by atoms with van der Waals surface area (Å²) in [5, 5.41) is 4.09. The molecule has 2 aliphatic heterocycles. The van der Waals surface area contributed by atoms with Crippen LogP contribution in [0.1, 0.15) is 11.1 Å². The van der Waals surface area contributed by atoms with E-state index in [1.165, 1.54) is 0 Å². The van der Waals surface area contributed by atoms with Crippen molar-refractivity contribution in [3.05, 3.63) is 168 Å². The van der Waals surface area contributed by atoms with Crippen LogP contribution in [-0.4, -0.2) is 21.1 Å². The van der Waals surface area contributed by atoms with Crippen LogP contribution in [0.2, 0.25) is 0 Å². The highest BCUT2D eigenvalue weighted by Crippen LogP contribution is 2.45. The normalized spacial score (nSPS) is 14.5. The summed E-state index contributed by atoms with van der Waals surface area (Å²) in [6.07, 6.45) is 0. The predicted molar refractivity (Wildman–Crippen MR) is 188 cm³/mol. The second kappa shape index (κ2) is 9.92. The van der Waals surface area contributed by atoms with Gasteiger partial charge in [-0.3, -0.25) is 0 Å². The van der Waals surface area contributed by atoms with Crippen molar-refractivity contribution in [3.63, 3.8) is 0 Å². The van der Waals surface area contributed by atoms with E-state index in [1.807, 2.05) is 97.1 Å². The van der Waals surface area contributed by atoms with Crippen LogP contribution in [0.4, 0.5) is 0 Å². The quantitative estimate of drug-likeness (QED) is 0.184. The topological polar surface area (TPSA) is 62.5 Å². The van der Waals surface area contributed by atoms with Crippen molar-refractivity contribution in [2.45, 2.75) is 0 Å². The van der Waals surface area contributed by atoms with Crippen LogP contribution in [-0.2, 0) is 19.1 Å². The number of para-hydroxylation sites is 4. The molecule has 0 saturated carbocycles. The summed E-state index contributed by atoms with van der Waals surface area (Å²) >= 11 is 0. The molecule has 6 nitrogen and oxygen atoms in total. The first-order chi connectivity index (χ1) is 23.7. The van der Waals surface area contributed by atoms with Gasteiger partial charge in [0.1, 0.15) is 11.1 Å². The first kappa shape index (κ1) is 26.5. The average Bonchev–Trinajstić information content (AvgIpc) is 3.87. The van der Waals surface area contributed by atoms with Gasteiger partial charge >= 0.3 is 11.9 Å². The third-order valence-electron chi connectivity index (χ3n) is 9.40. The fourth-order valence-corrected chi connectivity index (χ4v) is 7.35. The number of aromatic nitrogens is 2. The number of cyclic esters (lactones) is 2. The zero-order valence-corrected chi connectivity index (χ0v) is 25.4. The number of hydrogen-bond acceptors (Lipinski definition) is 4. The Labute approximate surface area is 274 Å². The molecule has 6 aromatic carbocycles. The lowest BCUT2D eigenvalue weighted by atomic mass is 10.00. The summed E-state index contributed by atoms with van der Waals surface area (Å²) in [7, 11) is 0. The molecule has 0 fully saturated rings. The Morgan fingerprint density at radius 1 is 0.375 bits per heavy atom. The fraction of sp³-hybridized carbons (Fsp3) is 0. The second-order valence-corrected chi connectivity index (χ2v) is 12.0. The molecule has 0 saturated heterocycles. The Kier molecular flexibility index (Phi) is 5.49.